The molecule has 12 fully saturated rings. The van der Waals surface area contributed by atoms with Crippen LogP contribution in [0.2, 0.25) is 0 Å². The molecule has 8 aromatic heterocycles. The van der Waals surface area contributed by atoms with Gasteiger partial charge in [0.15, 0.2) is 11.6 Å². The number of anilines is 4. The standard InChI is InChI=1S/C30H30BrN7O3.C19H26BrN3O3.C16H14N4O3.C14H18BrN3O.C13H21NO4.C6H7BrN2.ClH/c1-16-4-11-25(31)34-29(16)35-30(41)28-19-5-8-22(9-6-19)38(28)26(40)15-37-24-10-7-20(21-13-32-18(3)33-14-21)12-23(24)27(36-37)17(2)39;1-11-5-10-14(20)21-16(11)22-17(24)15-12-6-8-13(9-7-12)23(15)18(25)26-19(2,3)4;1-9(21)16-13-5-11(12-6-17-10(2)18-7-12)3-4-14(13)20(19-16)8-15(22)23;1-8-2-7-11(15)17-13(8)18-14(19)12-9-3-5-10(16-12)6-4-9;1-13(2,3)18-12(17)14-9-6-4-8(5-7-9)10(14)11(15)16;1-4-2-3-5(7)9-6(4)8;/h4,7,10-14,19,22,28H,5-6,8-9,15H2,1-3H3,(H,34,35,41);5,10,12-13,15H,6-9H2,1-4H3,(H,21,22,24);3-7H,8H2,1-2H3,(H,22,23);2,7,9-10,12,16H,3-6H2,1H3,(H,17,18,19);8-10H,4-7H2,1-3H3,(H,15,16);2-3H,1H3,(H2,8,9);1H/t19?,22?,28-;12?,13?,15-;;9?,10?,12-;8?,9?,10-;;/m00.00../s1. The fourth-order valence-corrected chi connectivity index (χ4v) is 20.4. The minimum atomic E-state index is -1.01. The second kappa shape index (κ2) is 45.2. The summed E-state index contributed by atoms with van der Waals surface area (Å²) in [6.07, 6.45) is 21.7. The van der Waals surface area contributed by atoms with E-state index in [0.717, 1.165) is 131 Å². The minimum absolute atomic E-state index is 0. The van der Waals surface area contributed by atoms with Crippen molar-refractivity contribution in [2.45, 2.75) is 272 Å². The number of Topliss-reactive ketones (excluding diaryl/α,β-unsaturated/α-hetero) is 2. The van der Waals surface area contributed by atoms with Gasteiger partial charge in [0.05, 0.1) is 17.1 Å². The number of ether oxygens (including phenoxy) is 2. The first-order chi connectivity index (χ1) is 64.4. The smallest absolute Gasteiger partial charge is 0.411 e. The van der Waals surface area contributed by atoms with E-state index in [4.69, 9.17) is 20.3 Å². The average molecular weight is 2150 g/mol. The Balaban J connectivity index is 0.000000155. The first kappa shape index (κ1) is 105. The summed E-state index contributed by atoms with van der Waals surface area (Å²) in [6.45, 7) is 24.7. The van der Waals surface area contributed by atoms with Gasteiger partial charge in [0.1, 0.15) is 107 Å². The number of benzene rings is 2. The molecular formula is C98H117Br4ClN20O14. The van der Waals surface area contributed by atoms with Crippen LogP contribution in [-0.2, 0) is 51.3 Å². The number of carboxylic acid groups (broad SMARTS) is 2. The molecule has 0 unspecified atom stereocenters. The highest BCUT2D eigenvalue weighted by atomic mass is 79.9. The maximum atomic E-state index is 13.9. The Morgan fingerprint density at radius 2 is 0.774 bits per heavy atom. The van der Waals surface area contributed by atoms with Crippen LogP contribution in [0.1, 0.15) is 213 Å². The number of rotatable bonds is 15. The molecule has 10 aromatic rings. The number of nitrogens with zero attached hydrogens (tertiary/aromatic N) is 15. The van der Waals surface area contributed by atoms with Crippen molar-refractivity contribution in [2.24, 2.45) is 23.7 Å². The number of fused-ring (bicyclic) bond motifs is 14. The molecule has 6 amide bonds. The number of aromatic nitrogens is 12. The number of carbonyl (C=O) groups is 10. The number of ketones is 2. The van der Waals surface area contributed by atoms with Crippen LogP contribution in [0.5, 0.6) is 0 Å². The molecule has 39 heteroatoms. The van der Waals surface area contributed by atoms with Crippen molar-refractivity contribution in [1.29, 1.82) is 0 Å². The average Bonchev–Trinajstić information content (AvgIpc) is 1.22. The Morgan fingerprint density at radius 1 is 0.431 bits per heavy atom. The van der Waals surface area contributed by atoms with E-state index in [2.05, 4.69) is 135 Å². The molecule has 22 rings (SSSR count). The van der Waals surface area contributed by atoms with Gasteiger partial charge in [-0.05, 0) is 355 Å². The van der Waals surface area contributed by atoms with Gasteiger partial charge in [-0.1, -0.05) is 36.4 Å². The van der Waals surface area contributed by atoms with E-state index in [9.17, 15) is 53.1 Å². The predicted octanol–water partition coefficient (Wildman–Crippen LogP) is 18.3. The summed E-state index contributed by atoms with van der Waals surface area (Å²) < 4.78 is 16.6. The largest absolute Gasteiger partial charge is 0.480 e. The van der Waals surface area contributed by atoms with Crippen LogP contribution in [0.15, 0.2) is 128 Å². The molecule has 8 aliphatic heterocycles. The summed E-state index contributed by atoms with van der Waals surface area (Å²) >= 11 is 13.3. The first-order valence-electron chi connectivity index (χ1n) is 45.8. The molecule has 16 heterocycles. The molecule has 4 atom stereocenters. The summed E-state index contributed by atoms with van der Waals surface area (Å²) in [5.74, 6) is 1.56. The highest BCUT2D eigenvalue weighted by Crippen LogP contribution is 2.45. The maximum absolute atomic E-state index is 13.9. The predicted molar refractivity (Wildman–Crippen MR) is 535 cm³/mol. The summed E-state index contributed by atoms with van der Waals surface area (Å²) in [4.78, 5) is 164. The van der Waals surface area contributed by atoms with Gasteiger partial charge < -0.3 is 51.6 Å². The zero-order chi connectivity index (χ0) is 98.2. The Morgan fingerprint density at radius 3 is 1.12 bits per heavy atom. The third kappa shape index (κ3) is 26.1. The van der Waals surface area contributed by atoms with Gasteiger partial charge in [0.25, 0.3) is 0 Å². The number of hydrogen-bond acceptors (Lipinski definition) is 24. The fraction of sp³-hybridized carbons (Fsp3) is 0.469. The molecule has 12 aliphatic rings. The van der Waals surface area contributed by atoms with Crippen LogP contribution in [0.3, 0.4) is 0 Å². The first-order valence-corrected chi connectivity index (χ1v) is 49.0. The van der Waals surface area contributed by atoms with Crippen molar-refractivity contribution in [3.05, 3.63) is 173 Å². The van der Waals surface area contributed by atoms with Gasteiger partial charge in [0, 0.05) is 84.7 Å². The number of piperidine rings is 8. The normalized spacial score (nSPS) is 21.3. The van der Waals surface area contributed by atoms with Gasteiger partial charge >= 0.3 is 24.1 Å². The van der Waals surface area contributed by atoms with E-state index < -0.39 is 53.5 Å². The molecule has 34 nitrogen and oxygen atoms in total. The monoisotopic (exact) mass is 2150 g/mol. The number of aliphatic carboxylic acids is 2. The molecule has 137 heavy (non-hydrogen) atoms. The van der Waals surface area contributed by atoms with Gasteiger partial charge in [-0.3, -0.25) is 52.7 Å². The molecule has 4 aliphatic carbocycles. The molecule has 8 N–H and O–H groups in total. The number of carboxylic acids is 2. The quantitative estimate of drug-likeness (QED) is 0.0370. The number of amides is 6. The molecule has 8 bridgehead atoms. The second-order valence-corrected chi connectivity index (χ2v) is 41.2. The summed E-state index contributed by atoms with van der Waals surface area (Å²) in [7, 11) is 0. The zero-order valence-corrected chi connectivity index (χ0v) is 86.2. The van der Waals surface area contributed by atoms with Crippen molar-refractivity contribution >= 4 is 181 Å². The molecule has 0 radical (unpaired) electrons. The fourth-order valence-electron chi connectivity index (χ4n) is 19.2. The Hall–Kier alpha value is -11.2. The van der Waals surface area contributed by atoms with Crippen LogP contribution in [0.25, 0.3) is 44.1 Å². The topological polar surface area (TPSA) is 452 Å². The van der Waals surface area contributed by atoms with E-state index >= 15 is 0 Å². The third-order valence-electron chi connectivity index (χ3n) is 25.9. The van der Waals surface area contributed by atoms with Gasteiger partial charge in [-0.25, -0.2) is 54.3 Å². The van der Waals surface area contributed by atoms with Crippen molar-refractivity contribution in [3.8, 4) is 22.3 Å². The van der Waals surface area contributed by atoms with Crippen LogP contribution in [-0.4, -0.2) is 203 Å². The molecule has 8 saturated heterocycles. The van der Waals surface area contributed by atoms with E-state index in [1.54, 1.807) is 73.0 Å². The van der Waals surface area contributed by atoms with E-state index in [0.29, 0.717) is 83.6 Å². The number of aryl methyl sites for hydroxylation is 6. The van der Waals surface area contributed by atoms with Crippen molar-refractivity contribution in [3.63, 3.8) is 0 Å². The third-order valence-corrected chi connectivity index (χ3v) is 27.6. The van der Waals surface area contributed by atoms with Crippen LogP contribution in [0, 0.1) is 65.2 Å². The zero-order valence-electron chi connectivity index (χ0n) is 79.0. The van der Waals surface area contributed by atoms with Gasteiger partial charge in [-0.2, -0.15) is 10.2 Å². The number of halogens is 5. The number of pyridine rings is 4. The van der Waals surface area contributed by atoms with Crippen LogP contribution < -0.4 is 27.0 Å². The minimum Gasteiger partial charge on any atom is -0.480 e. The van der Waals surface area contributed by atoms with Crippen LogP contribution >= 0.6 is 76.1 Å². The SMILES string of the molecule is CC(=O)c1nn(CC(=O)N2C3CCC(CC3)[C@H]2C(=O)Nc2nc(Br)ccc2C)c2ccc(-c3cnc(C)nc3)cc12.CC(=O)c1nn(CC(=O)O)c2ccc(-c3cnc(C)nc3)cc12.CC(C)(C)OC(=O)N1C2CCC(CC2)[C@H]1C(=O)O.Cc1ccc(Br)nc1N.Cc1ccc(Br)nc1NC(=O)[C@@H]1C2CCC(CC2)N1C(=O)OC(C)(C)C.Cc1ccc(Br)nc1NC(=O)[C@H]1NC2CCC1CC2.Cl. The van der Waals surface area contributed by atoms with E-state index in [1.165, 1.54) is 49.1 Å². The van der Waals surface area contributed by atoms with Gasteiger partial charge in [-0.15, -0.1) is 12.4 Å². The number of nitrogen functional groups attached to an aromatic ring is 1. The van der Waals surface area contributed by atoms with Gasteiger partial charge in [0.2, 0.25) is 23.6 Å². The summed E-state index contributed by atoms with van der Waals surface area (Å²) in [6, 6.07) is 24.9. The number of nitrogens with two attached hydrogens (primary N) is 1. The lowest BCUT2D eigenvalue weighted by Crippen LogP contribution is -2.62. The Kier molecular flexibility index (Phi) is 34.5. The van der Waals surface area contributed by atoms with Crippen molar-refractivity contribution in [1.82, 2.24) is 79.4 Å². The lowest BCUT2D eigenvalue weighted by atomic mass is 9.74. The van der Waals surface area contributed by atoms with E-state index in [1.807, 2.05) is 134 Å². The number of nitrogens with one attached hydrogen (secondary N) is 4. The highest BCUT2D eigenvalue weighted by molar-refractivity contribution is 9.11. The highest BCUT2D eigenvalue weighted by Gasteiger charge is 2.52. The lowest BCUT2D eigenvalue weighted by Gasteiger charge is -2.50. The summed E-state index contributed by atoms with van der Waals surface area (Å²) in [5.41, 5.74) is 13.2. The molecular weight excluding hydrogens is 2040 g/mol. The Labute approximate surface area is 834 Å². The number of carbonyl (C=O) groups excluding carboxylic acids is 8. The van der Waals surface area contributed by atoms with Crippen molar-refractivity contribution < 1.29 is 67.6 Å². The van der Waals surface area contributed by atoms with Crippen molar-refractivity contribution in [2.75, 3.05) is 21.7 Å². The molecule has 728 valence electrons. The van der Waals surface area contributed by atoms with E-state index in [-0.39, 0.29) is 108 Å². The summed E-state index contributed by atoms with van der Waals surface area (Å²) in [5, 5.41) is 40.6. The Bertz CT molecular complexity index is 6140. The lowest BCUT2D eigenvalue weighted by molar-refractivity contribution is -0.152. The molecule has 4 saturated carbocycles. The number of hydrogen-bond donors (Lipinski definition) is 7. The maximum Gasteiger partial charge on any atom is 0.411 e. The van der Waals surface area contributed by atoms with Crippen LogP contribution in [0.4, 0.5) is 32.9 Å². The molecule has 2 aromatic carbocycles. The molecule has 0 spiro atoms. The second-order valence-electron chi connectivity index (χ2n) is 37.9.